The predicted octanol–water partition coefficient (Wildman–Crippen LogP) is 4.08. The molecule has 0 radical (unpaired) electrons. The minimum atomic E-state index is -0.344. The monoisotopic (exact) mass is 374 g/mol. The Balaban J connectivity index is 2.00. The van der Waals surface area contributed by atoms with Crippen molar-refractivity contribution < 1.29 is 14.3 Å². The number of carbonyl (C=O) groups excluding carboxylic acids is 2. The maximum atomic E-state index is 12.5. The predicted molar refractivity (Wildman–Crippen MR) is 106 cm³/mol. The van der Waals surface area contributed by atoms with Crippen molar-refractivity contribution in [1.29, 1.82) is 0 Å². The van der Waals surface area contributed by atoms with E-state index in [1.165, 1.54) is 16.9 Å². The summed E-state index contributed by atoms with van der Waals surface area (Å²) in [6.45, 7) is 9.10. The highest BCUT2D eigenvalue weighted by molar-refractivity contribution is 7.18. The number of benzene rings is 1. The van der Waals surface area contributed by atoms with E-state index in [2.05, 4.69) is 36.2 Å². The fraction of sp³-hybridized carbons (Fsp3) is 0.400. The smallest absolute Gasteiger partial charge is 0.348 e. The normalized spacial score (nSPS) is 11.0. The van der Waals surface area contributed by atoms with E-state index in [0.29, 0.717) is 23.0 Å². The van der Waals surface area contributed by atoms with Gasteiger partial charge in [-0.15, -0.1) is 11.3 Å². The lowest BCUT2D eigenvalue weighted by molar-refractivity contribution is -0.117. The molecule has 1 aromatic carbocycles. The van der Waals surface area contributed by atoms with Gasteiger partial charge in [-0.1, -0.05) is 30.3 Å². The van der Waals surface area contributed by atoms with E-state index in [1.54, 1.807) is 6.92 Å². The molecule has 140 valence electrons. The third-order valence-electron chi connectivity index (χ3n) is 3.95. The molecule has 26 heavy (non-hydrogen) atoms. The van der Waals surface area contributed by atoms with Crippen molar-refractivity contribution in [3.63, 3.8) is 0 Å². The fourth-order valence-electron chi connectivity index (χ4n) is 2.54. The van der Waals surface area contributed by atoms with Crippen LogP contribution in [0.15, 0.2) is 36.4 Å². The highest BCUT2D eigenvalue weighted by Crippen LogP contribution is 2.27. The largest absolute Gasteiger partial charge is 0.462 e. The van der Waals surface area contributed by atoms with Crippen LogP contribution in [0.25, 0.3) is 0 Å². The zero-order valence-electron chi connectivity index (χ0n) is 15.7. The van der Waals surface area contributed by atoms with E-state index in [1.807, 2.05) is 31.2 Å². The second kappa shape index (κ2) is 9.50. The van der Waals surface area contributed by atoms with Gasteiger partial charge in [0.2, 0.25) is 5.91 Å². The summed E-state index contributed by atoms with van der Waals surface area (Å²) >= 11 is 1.25. The average Bonchev–Trinajstić information content (AvgIpc) is 2.95. The van der Waals surface area contributed by atoms with Gasteiger partial charge >= 0.3 is 5.97 Å². The summed E-state index contributed by atoms with van der Waals surface area (Å²) in [5.74, 6) is -0.435. The Labute approximate surface area is 159 Å². The zero-order chi connectivity index (χ0) is 19.1. The maximum absolute atomic E-state index is 12.5. The van der Waals surface area contributed by atoms with Gasteiger partial charge in [0, 0.05) is 12.6 Å². The van der Waals surface area contributed by atoms with Crippen molar-refractivity contribution in [2.75, 3.05) is 18.5 Å². The highest BCUT2D eigenvalue weighted by atomic mass is 32.1. The Morgan fingerprint density at radius 2 is 1.92 bits per heavy atom. The molecule has 0 atom stereocenters. The summed E-state index contributed by atoms with van der Waals surface area (Å²) in [6.07, 6.45) is 0. The van der Waals surface area contributed by atoms with Crippen molar-refractivity contribution in [3.05, 3.63) is 52.4 Å². The standard InChI is InChI=1S/C20H26N2O3S/c1-5-25-20(24)19-15(4)11-18(26-19)21-17(23)13-22(14(2)3)12-16-9-7-6-8-10-16/h6-11,14H,5,12-13H2,1-4H3,(H,21,23). The minimum Gasteiger partial charge on any atom is -0.462 e. The van der Waals surface area contributed by atoms with Crippen LogP contribution >= 0.6 is 11.3 Å². The van der Waals surface area contributed by atoms with Crippen LogP contribution in [-0.4, -0.2) is 36.0 Å². The van der Waals surface area contributed by atoms with Crippen LogP contribution in [0.5, 0.6) is 0 Å². The summed E-state index contributed by atoms with van der Waals surface area (Å²) in [7, 11) is 0. The lowest BCUT2D eigenvalue weighted by atomic mass is 10.2. The second-order valence-corrected chi connectivity index (χ2v) is 7.43. The van der Waals surface area contributed by atoms with Gasteiger partial charge in [-0.05, 0) is 44.9 Å². The third-order valence-corrected chi connectivity index (χ3v) is 5.08. The minimum absolute atomic E-state index is 0.0914. The van der Waals surface area contributed by atoms with Crippen molar-refractivity contribution >= 4 is 28.2 Å². The molecular weight excluding hydrogens is 348 g/mol. The summed E-state index contributed by atoms with van der Waals surface area (Å²) in [6, 6.07) is 12.1. The molecule has 5 nitrogen and oxygen atoms in total. The third kappa shape index (κ3) is 5.68. The number of amides is 1. The molecular formula is C20H26N2O3S. The van der Waals surface area contributed by atoms with E-state index in [9.17, 15) is 9.59 Å². The quantitative estimate of drug-likeness (QED) is 0.707. The van der Waals surface area contributed by atoms with Gasteiger partial charge in [0.15, 0.2) is 0 Å². The van der Waals surface area contributed by atoms with Crippen LogP contribution in [0.4, 0.5) is 5.00 Å². The Morgan fingerprint density at radius 3 is 2.54 bits per heavy atom. The summed E-state index contributed by atoms with van der Waals surface area (Å²) in [4.78, 5) is 27.0. The Bertz CT molecular complexity index is 741. The Morgan fingerprint density at radius 1 is 1.23 bits per heavy atom. The molecule has 0 spiro atoms. The van der Waals surface area contributed by atoms with Gasteiger partial charge < -0.3 is 10.1 Å². The number of hydrogen-bond acceptors (Lipinski definition) is 5. The van der Waals surface area contributed by atoms with Gasteiger partial charge in [-0.3, -0.25) is 9.69 Å². The number of hydrogen-bond donors (Lipinski definition) is 1. The molecule has 1 N–H and O–H groups in total. The number of thiophene rings is 1. The first-order valence-corrected chi connectivity index (χ1v) is 9.57. The molecule has 1 amide bonds. The van der Waals surface area contributed by atoms with E-state index in [-0.39, 0.29) is 24.5 Å². The first-order chi connectivity index (χ1) is 12.4. The number of esters is 1. The molecule has 2 aromatic rings. The van der Waals surface area contributed by atoms with Crippen LogP contribution in [0.2, 0.25) is 0 Å². The van der Waals surface area contributed by atoms with E-state index >= 15 is 0 Å². The molecule has 0 saturated heterocycles. The first kappa shape index (κ1) is 20.1. The number of carbonyl (C=O) groups is 2. The van der Waals surface area contributed by atoms with Crippen molar-refractivity contribution in [3.8, 4) is 0 Å². The first-order valence-electron chi connectivity index (χ1n) is 8.76. The Hall–Kier alpha value is -2.18. The molecule has 1 heterocycles. The maximum Gasteiger partial charge on any atom is 0.348 e. The molecule has 0 aliphatic heterocycles. The lowest BCUT2D eigenvalue weighted by Gasteiger charge is -2.25. The van der Waals surface area contributed by atoms with Gasteiger partial charge in [-0.2, -0.15) is 0 Å². The van der Waals surface area contributed by atoms with Gasteiger partial charge in [0.05, 0.1) is 18.2 Å². The zero-order valence-corrected chi connectivity index (χ0v) is 16.6. The molecule has 0 saturated carbocycles. The second-order valence-electron chi connectivity index (χ2n) is 6.38. The number of rotatable bonds is 8. The van der Waals surface area contributed by atoms with Gasteiger partial charge in [0.25, 0.3) is 0 Å². The van der Waals surface area contributed by atoms with E-state index in [4.69, 9.17) is 4.74 Å². The summed E-state index contributed by atoms with van der Waals surface area (Å²) < 4.78 is 5.04. The number of nitrogens with one attached hydrogen (secondary N) is 1. The fourth-order valence-corrected chi connectivity index (χ4v) is 3.53. The molecule has 0 unspecified atom stereocenters. The topological polar surface area (TPSA) is 58.6 Å². The SMILES string of the molecule is CCOC(=O)c1sc(NC(=O)CN(Cc2ccccc2)C(C)C)cc1C. The van der Waals surface area contributed by atoms with Crippen molar-refractivity contribution in [1.82, 2.24) is 4.90 Å². The van der Waals surface area contributed by atoms with E-state index < -0.39 is 0 Å². The van der Waals surface area contributed by atoms with Crippen LogP contribution in [-0.2, 0) is 16.1 Å². The van der Waals surface area contributed by atoms with Crippen LogP contribution in [0.1, 0.15) is 41.6 Å². The number of nitrogens with zero attached hydrogens (tertiary/aromatic N) is 1. The molecule has 0 aliphatic rings. The van der Waals surface area contributed by atoms with Crippen LogP contribution < -0.4 is 5.32 Å². The van der Waals surface area contributed by atoms with Crippen LogP contribution in [0.3, 0.4) is 0 Å². The van der Waals surface area contributed by atoms with Gasteiger partial charge in [-0.25, -0.2) is 4.79 Å². The number of aryl methyl sites for hydroxylation is 1. The van der Waals surface area contributed by atoms with Crippen molar-refractivity contribution in [2.45, 2.75) is 40.3 Å². The average molecular weight is 375 g/mol. The van der Waals surface area contributed by atoms with Crippen LogP contribution in [0, 0.1) is 6.92 Å². The lowest BCUT2D eigenvalue weighted by Crippen LogP contribution is -2.37. The summed E-state index contributed by atoms with van der Waals surface area (Å²) in [5, 5.41) is 3.57. The molecule has 6 heteroatoms. The molecule has 0 fully saturated rings. The highest BCUT2D eigenvalue weighted by Gasteiger charge is 2.18. The van der Waals surface area contributed by atoms with E-state index in [0.717, 1.165) is 5.56 Å². The molecule has 0 aliphatic carbocycles. The van der Waals surface area contributed by atoms with Crippen molar-refractivity contribution in [2.24, 2.45) is 0 Å². The number of anilines is 1. The number of ether oxygens (including phenoxy) is 1. The molecule has 0 bridgehead atoms. The molecule has 1 aromatic heterocycles. The summed E-state index contributed by atoms with van der Waals surface area (Å²) in [5.41, 5.74) is 1.99. The molecule has 2 rings (SSSR count). The Kier molecular flexibility index (Phi) is 7.36. The van der Waals surface area contributed by atoms with Gasteiger partial charge in [0.1, 0.15) is 4.88 Å².